The van der Waals surface area contributed by atoms with Gasteiger partial charge in [0, 0.05) is 5.39 Å². The van der Waals surface area contributed by atoms with Crippen LogP contribution in [0, 0.1) is 0 Å². The van der Waals surface area contributed by atoms with Gasteiger partial charge in [0.15, 0.2) is 11.5 Å². The maximum Gasteiger partial charge on any atom is 0.335 e. The smallest absolute Gasteiger partial charge is 0.335 e. The maximum absolute atomic E-state index is 12.4. The summed E-state index contributed by atoms with van der Waals surface area (Å²) in [6.07, 6.45) is -0.794. The molecule has 1 aliphatic rings. The molecule has 2 aromatic carbocycles. The highest BCUT2D eigenvalue weighted by atomic mass is 16.5. The van der Waals surface area contributed by atoms with Crippen molar-refractivity contribution >= 4 is 22.8 Å². The Hall–Kier alpha value is -3.55. The van der Waals surface area contributed by atoms with Crippen molar-refractivity contribution < 1.29 is 24.2 Å². The molecular formula is C17H13N3O5. The first-order chi connectivity index (χ1) is 12.1. The first-order valence-corrected chi connectivity index (χ1v) is 7.44. The van der Waals surface area contributed by atoms with Crippen molar-refractivity contribution in [3.05, 3.63) is 53.2 Å². The number of amides is 1. The van der Waals surface area contributed by atoms with Crippen LogP contribution in [-0.4, -0.2) is 34.3 Å². The zero-order valence-corrected chi connectivity index (χ0v) is 13.1. The van der Waals surface area contributed by atoms with Crippen molar-refractivity contribution in [1.82, 2.24) is 15.5 Å². The van der Waals surface area contributed by atoms with E-state index in [9.17, 15) is 9.59 Å². The predicted octanol–water partition coefficient (Wildman–Crippen LogP) is 2.09. The van der Waals surface area contributed by atoms with Crippen LogP contribution in [0.15, 0.2) is 36.4 Å². The molecule has 3 N–H and O–H groups in total. The molecule has 1 amide bonds. The summed E-state index contributed by atoms with van der Waals surface area (Å²) in [6.45, 7) is 0. The molecule has 3 aromatic rings. The molecule has 0 fully saturated rings. The summed E-state index contributed by atoms with van der Waals surface area (Å²) in [6, 6.07) is 9.62. The fourth-order valence-electron chi connectivity index (χ4n) is 2.82. The molecule has 0 spiro atoms. The molecule has 0 saturated carbocycles. The number of carboxylic acids is 1. The predicted molar refractivity (Wildman–Crippen MR) is 86.9 cm³/mol. The molecule has 1 atom stereocenters. The molecule has 0 radical (unpaired) electrons. The summed E-state index contributed by atoms with van der Waals surface area (Å²) in [7, 11) is 1.50. The summed E-state index contributed by atoms with van der Waals surface area (Å²) in [5, 5.41) is 19.4. The van der Waals surface area contributed by atoms with Gasteiger partial charge in [-0.3, -0.25) is 9.89 Å². The van der Waals surface area contributed by atoms with Crippen molar-refractivity contribution in [1.29, 1.82) is 0 Å². The Labute approximate surface area is 141 Å². The number of benzene rings is 2. The Balaban J connectivity index is 1.77. The topological polar surface area (TPSA) is 114 Å². The third kappa shape index (κ3) is 2.35. The van der Waals surface area contributed by atoms with Crippen molar-refractivity contribution in [3.8, 4) is 11.5 Å². The van der Waals surface area contributed by atoms with Gasteiger partial charge in [-0.05, 0) is 30.3 Å². The van der Waals surface area contributed by atoms with Gasteiger partial charge in [-0.25, -0.2) is 4.79 Å². The number of para-hydroxylation sites is 1. The second-order valence-corrected chi connectivity index (χ2v) is 5.48. The van der Waals surface area contributed by atoms with Crippen LogP contribution in [0.2, 0.25) is 0 Å². The van der Waals surface area contributed by atoms with Crippen LogP contribution in [0.3, 0.4) is 0 Å². The van der Waals surface area contributed by atoms with Gasteiger partial charge in [0.2, 0.25) is 6.23 Å². The van der Waals surface area contributed by atoms with Gasteiger partial charge >= 0.3 is 5.97 Å². The summed E-state index contributed by atoms with van der Waals surface area (Å²) in [4.78, 5) is 23.5. The highest BCUT2D eigenvalue weighted by Gasteiger charge is 2.31. The van der Waals surface area contributed by atoms with E-state index in [1.807, 2.05) is 0 Å². The van der Waals surface area contributed by atoms with Crippen LogP contribution >= 0.6 is 0 Å². The van der Waals surface area contributed by atoms with Gasteiger partial charge in [-0.1, -0.05) is 6.07 Å². The number of hydrogen-bond donors (Lipinski definition) is 3. The molecular weight excluding hydrogens is 326 g/mol. The highest BCUT2D eigenvalue weighted by Crippen LogP contribution is 2.38. The summed E-state index contributed by atoms with van der Waals surface area (Å²) >= 11 is 0. The summed E-state index contributed by atoms with van der Waals surface area (Å²) < 4.78 is 11.2. The van der Waals surface area contributed by atoms with Crippen LogP contribution in [0.1, 0.15) is 32.6 Å². The van der Waals surface area contributed by atoms with E-state index < -0.39 is 12.2 Å². The molecule has 25 heavy (non-hydrogen) atoms. The number of fused-ring (bicyclic) bond motifs is 2. The van der Waals surface area contributed by atoms with Crippen LogP contribution in [0.25, 0.3) is 10.9 Å². The molecule has 8 heteroatoms. The molecule has 1 unspecified atom stereocenters. The number of aromatic nitrogens is 2. The van der Waals surface area contributed by atoms with Crippen LogP contribution < -0.4 is 14.8 Å². The number of nitrogens with one attached hydrogen (secondary N) is 2. The molecule has 0 aliphatic carbocycles. The Bertz CT molecular complexity index is 1010. The number of rotatable bonds is 3. The summed E-state index contributed by atoms with van der Waals surface area (Å²) in [5.74, 6) is -0.527. The van der Waals surface area contributed by atoms with Gasteiger partial charge in [-0.15, -0.1) is 0 Å². The minimum Gasteiger partial charge on any atom is -0.493 e. The quantitative estimate of drug-likeness (QED) is 0.673. The van der Waals surface area contributed by atoms with Gasteiger partial charge in [0.25, 0.3) is 5.91 Å². The lowest BCUT2D eigenvalue weighted by molar-refractivity contribution is 0.0695. The number of hydrogen-bond acceptors (Lipinski definition) is 5. The first kappa shape index (κ1) is 15.0. The Kier molecular flexibility index (Phi) is 3.31. The average Bonchev–Trinajstić information content (AvgIpc) is 3.04. The van der Waals surface area contributed by atoms with Crippen molar-refractivity contribution in [3.63, 3.8) is 0 Å². The number of nitrogens with zero attached hydrogens (tertiary/aromatic N) is 1. The molecule has 1 aromatic heterocycles. The van der Waals surface area contributed by atoms with Gasteiger partial charge in [0.1, 0.15) is 5.69 Å². The molecule has 8 nitrogen and oxygen atoms in total. The molecule has 126 valence electrons. The molecule has 4 rings (SSSR count). The van der Waals surface area contributed by atoms with Crippen molar-refractivity contribution in [2.24, 2.45) is 0 Å². The number of aromatic amines is 1. The lowest BCUT2D eigenvalue weighted by Crippen LogP contribution is -2.37. The molecule has 0 saturated heterocycles. The fourth-order valence-corrected chi connectivity index (χ4v) is 2.82. The normalized spacial score (nSPS) is 16.0. The maximum atomic E-state index is 12.4. The zero-order valence-electron chi connectivity index (χ0n) is 13.1. The number of H-pyrrole nitrogens is 1. The van der Waals surface area contributed by atoms with E-state index in [2.05, 4.69) is 15.5 Å². The zero-order chi connectivity index (χ0) is 17.6. The average molecular weight is 339 g/mol. The van der Waals surface area contributed by atoms with Crippen LogP contribution in [-0.2, 0) is 0 Å². The second-order valence-electron chi connectivity index (χ2n) is 5.48. The summed E-state index contributed by atoms with van der Waals surface area (Å²) in [5.41, 5.74) is 1.51. The lowest BCUT2D eigenvalue weighted by Gasteiger charge is -2.27. The molecule has 1 aliphatic heterocycles. The van der Waals surface area contributed by atoms with E-state index in [0.717, 1.165) is 0 Å². The number of ether oxygens (including phenoxy) is 2. The minimum atomic E-state index is -1.03. The van der Waals surface area contributed by atoms with Gasteiger partial charge in [0.05, 0.1) is 23.8 Å². The van der Waals surface area contributed by atoms with Crippen molar-refractivity contribution in [2.75, 3.05) is 7.11 Å². The van der Waals surface area contributed by atoms with E-state index in [-0.39, 0.29) is 11.5 Å². The highest BCUT2D eigenvalue weighted by molar-refractivity contribution is 5.99. The Morgan fingerprint density at radius 3 is 2.92 bits per heavy atom. The third-order valence-electron chi connectivity index (χ3n) is 4.04. The molecule has 0 bridgehead atoms. The van der Waals surface area contributed by atoms with Crippen molar-refractivity contribution in [2.45, 2.75) is 6.23 Å². The Morgan fingerprint density at radius 1 is 1.32 bits per heavy atom. The van der Waals surface area contributed by atoms with E-state index >= 15 is 0 Å². The fraction of sp³-hybridized carbons (Fsp3) is 0.118. The number of methoxy groups -OCH3 is 1. The van der Waals surface area contributed by atoms with Crippen LogP contribution in [0.4, 0.5) is 0 Å². The Morgan fingerprint density at radius 2 is 2.16 bits per heavy atom. The first-order valence-electron chi connectivity index (χ1n) is 7.44. The van der Waals surface area contributed by atoms with Gasteiger partial charge in [-0.2, -0.15) is 5.10 Å². The third-order valence-corrected chi connectivity index (χ3v) is 4.04. The van der Waals surface area contributed by atoms with E-state index in [4.69, 9.17) is 14.6 Å². The van der Waals surface area contributed by atoms with Crippen LogP contribution in [0.5, 0.6) is 11.5 Å². The standard InChI is InChI=1S/C17H13N3O5/c1-24-12-4-2-3-10-14(12)25-16(18-15(10)21)13-9-6-5-8(17(22)23)7-11(9)19-20-13/h2-7,16H,1H3,(H,18,21)(H,19,20)(H,22,23). The monoisotopic (exact) mass is 339 g/mol. The largest absolute Gasteiger partial charge is 0.493 e. The minimum absolute atomic E-state index is 0.131. The SMILES string of the molecule is COc1cccc2c1OC(c1[nH]nc3cc(C(=O)O)ccc13)NC2=O. The van der Waals surface area contributed by atoms with E-state index in [1.165, 1.54) is 19.2 Å². The molecule has 2 heterocycles. The number of aromatic carboxylic acids is 1. The van der Waals surface area contributed by atoms with E-state index in [1.54, 1.807) is 24.3 Å². The number of carbonyl (C=O) groups excluding carboxylic acids is 1. The van der Waals surface area contributed by atoms with E-state index in [0.29, 0.717) is 33.7 Å². The second kappa shape index (κ2) is 5.52. The number of carboxylic acid groups (broad SMARTS) is 1. The lowest BCUT2D eigenvalue weighted by atomic mass is 10.1. The van der Waals surface area contributed by atoms with Gasteiger partial charge < -0.3 is 19.9 Å². The number of carbonyl (C=O) groups is 2.